The van der Waals surface area contributed by atoms with Crippen LogP contribution in [-0.4, -0.2) is 31.6 Å². The Morgan fingerprint density at radius 3 is 3.00 bits per heavy atom. The molecule has 1 saturated heterocycles. The third-order valence-electron chi connectivity index (χ3n) is 1.34. The van der Waals surface area contributed by atoms with Crippen molar-refractivity contribution in [2.75, 3.05) is 19.6 Å². The molecule has 50 valence electrons. The van der Waals surface area contributed by atoms with Gasteiger partial charge < -0.3 is 10.6 Å². The summed E-state index contributed by atoms with van der Waals surface area (Å²) >= 11 is 0. The average molecular weight is 126 g/mol. The van der Waals surface area contributed by atoms with Crippen molar-refractivity contribution in [3.63, 3.8) is 0 Å². The number of piperazine rings is 1. The normalized spacial score (nSPS) is 26.9. The minimum atomic E-state index is 0.191. The summed E-state index contributed by atoms with van der Waals surface area (Å²) in [6.07, 6.45) is 1.51. The van der Waals surface area contributed by atoms with E-state index in [-0.39, 0.29) is 6.04 Å². The van der Waals surface area contributed by atoms with Crippen molar-refractivity contribution < 1.29 is 4.79 Å². The Balaban J connectivity index is 2.31. The molecule has 1 unspecified atom stereocenters. The molecular weight excluding hydrogens is 116 g/mol. The zero-order valence-electron chi connectivity index (χ0n) is 5.18. The lowest BCUT2D eigenvalue weighted by molar-refractivity contribution is 0.470. The number of carbonyl (C=O) groups excluding carboxylic acids is 1. The summed E-state index contributed by atoms with van der Waals surface area (Å²) in [5.74, 6) is 1.76. The standard InChI is InChI=1S/C6H10N2O/c9-4-1-6-5-7-2-3-8-6/h1,6-8H,2-3,5H2. The molecule has 1 aliphatic rings. The van der Waals surface area contributed by atoms with E-state index in [9.17, 15) is 4.79 Å². The van der Waals surface area contributed by atoms with Crippen LogP contribution in [0.3, 0.4) is 0 Å². The van der Waals surface area contributed by atoms with Gasteiger partial charge in [0, 0.05) is 31.8 Å². The lowest BCUT2D eigenvalue weighted by Crippen LogP contribution is -2.47. The van der Waals surface area contributed by atoms with E-state index in [1.54, 1.807) is 5.94 Å². The van der Waals surface area contributed by atoms with Crippen molar-refractivity contribution >= 4 is 5.94 Å². The van der Waals surface area contributed by atoms with Crippen LogP contribution in [-0.2, 0) is 4.79 Å². The zero-order valence-corrected chi connectivity index (χ0v) is 5.18. The molecule has 0 bridgehead atoms. The van der Waals surface area contributed by atoms with Crippen molar-refractivity contribution in [2.45, 2.75) is 6.04 Å². The van der Waals surface area contributed by atoms with E-state index < -0.39 is 0 Å². The summed E-state index contributed by atoms with van der Waals surface area (Å²) in [4.78, 5) is 9.82. The molecule has 3 nitrogen and oxygen atoms in total. The Labute approximate surface area is 54.1 Å². The van der Waals surface area contributed by atoms with E-state index in [1.165, 1.54) is 6.08 Å². The first kappa shape index (κ1) is 6.49. The monoisotopic (exact) mass is 126 g/mol. The van der Waals surface area contributed by atoms with Crippen molar-refractivity contribution in [3.8, 4) is 0 Å². The van der Waals surface area contributed by atoms with Gasteiger partial charge in [-0.3, -0.25) is 0 Å². The lowest BCUT2D eigenvalue weighted by Gasteiger charge is -2.19. The predicted molar refractivity (Wildman–Crippen MR) is 34.9 cm³/mol. The number of nitrogens with one attached hydrogen (secondary N) is 2. The fourth-order valence-electron chi connectivity index (χ4n) is 0.876. The highest BCUT2D eigenvalue weighted by atomic mass is 16.1. The number of hydrogen-bond donors (Lipinski definition) is 2. The van der Waals surface area contributed by atoms with Gasteiger partial charge >= 0.3 is 0 Å². The summed E-state index contributed by atoms with van der Waals surface area (Å²) in [5, 5.41) is 6.29. The maximum Gasteiger partial charge on any atom is 0.121 e. The Bertz CT molecular complexity index is 123. The van der Waals surface area contributed by atoms with Crippen LogP contribution in [0.25, 0.3) is 0 Å². The largest absolute Gasteiger partial charge is 0.314 e. The van der Waals surface area contributed by atoms with Crippen LogP contribution in [0.2, 0.25) is 0 Å². The topological polar surface area (TPSA) is 41.1 Å². The molecule has 1 atom stereocenters. The summed E-state index contributed by atoms with van der Waals surface area (Å²) in [6.45, 7) is 2.77. The SMILES string of the molecule is O=C=CC1CNCCN1. The van der Waals surface area contributed by atoms with E-state index in [2.05, 4.69) is 10.6 Å². The van der Waals surface area contributed by atoms with Gasteiger partial charge in [0.1, 0.15) is 5.94 Å². The van der Waals surface area contributed by atoms with Crippen molar-refractivity contribution in [3.05, 3.63) is 6.08 Å². The molecular formula is C6H10N2O. The Morgan fingerprint density at radius 1 is 1.56 bits per heavy atom. The molecule has 1 rings (SSSR count). The summed E-state index contributed by atoms with van der Waals surface area (Å²) in [5.41, 5.74) is 0. The lowest BCUT2D eigenvalue weighted by atomic mass is 10.2. The predicted octanol–water partition coefficient (Wildman–Crippen LogP) is -1.06. The van der Waals surface area contributed by atoms with Gasteiger partial charge in [-0.15, -0.1) is 0 Å². The van der Waals surface area contributed by atoms with E-state index in [0.717, 1.165) is 19.6 Å². The Hall–Kier alpha value is -0.630. The molecule has 0 aromatic carbocycles. The second-order valence-corrected chi connectivity index (χ2v) is 2.05. The molecule has 1 fully saturated rings. The quantitative estimate of drug-likeness (QED) is 0.440. The molecule has 1 aliphatic heterocycles. The van der Waals surface area contributed by atoms with Crippen LogP contribution in [0.4, 0.5) is 0 Å². The van der Waals surface area contributed by atoms with E-state index in [1.807, 2.05) is 0 Å². The second kappa shape index (κ2) is 3.41. The smallest absolute Gasteiger partial charge is 0.121 e. The van der Waals surface area contributed by atoms with E-state index >= 15 is 0 Å². The maximum absolute atomic E-state index is 9.82. The third-order valence-corrected chi connectivity index (χ3v) is 1.34. The van der Waals surface area contributed by atoms with Gasteiger partial charge in [-0.05, 0) is 0 Å². The Kier molecular flexibility index (Phi) is 2.46. The van der Waals surface area contributed by atoms with Crippen LogP contribution < -0.4 is 10.6 Å². The first-order chi connectivity index (χ1) is 4.43. The summed E-state index contributed by atoms with van der Waals surface area (Å²) < 4.78 is 0. The fraction of sp³-hybridized carbons (Fsp3) is 0.667. The summed E-state index contributed by atoms with van der Waals surface area (Å²) in [6, 6.07) is 0.191. The van der Waals surface area contributed by atoms with Crippen LogP contribution in [0.5, 0.6) is 0 Å². The minimum absolute atomic E-state index is 0.191. The highest BCUT2D eigenvalue weighted by Gasteiger charge is 2.07. The van der Waals surface area contributed by atoms with Crippen LogP contribution in [0.1, 0.15) is 0 Å². The van der Waals surface area contributed by atoms with E-state index in [0.29, 0.717) is 0 Å². The van der Waals surface area contributed by atoms with Gasteiger partial charge in [0.15, 0.2) is 0 Å². The van der Waals surface area contributed by atoms with Gasteiger partial charge in [-0.1, -0.05) is 0 Å². The molecule has 0 radical (unpaired) electrons. The molecule has 0 spiro atoms. The van der Waals surface area contributed by atoms with Gasteiger partial charge in [0.2, 0.25) is 0 Å². The van der Waals surface area contributed by atoms with Crippen LogP contribution in [0.15, 0.2) is 6.08 Å². The second-order valence-electron chi connectivity index (χ2n) is 2.05. The highest BCUT2D eigenvalue weighted by molar-refractivity contribution is 5.46. The first-order valence-corrected chi connectivity index (χ1v) is 3.08. The zero-order chi connectivity index (χ0) is 6.53. The van der Waals surface area contributed by atoms with Gasteiger partial charge in [-0.2, -0.15) is 0 Å². The number of hydrogen-bond acceptors (Lipinski definition) is 3. The highest BCUT2D eigenvalue weighted by Crippen LogP contribution is 1.84. The molecule has 0 aliphatic carbocycles. The average Bonchev–Trinajstić information content (AvgIpc) is 1.91. The summed E-state index contributed by atoms with van der Waals surface area (Å²) in [7, 11) is 0. The van der Waals surface area contributed by atoms with Gasteiger partial charge in [0.05, 0.1) is 0 Å². The molecule has 9 heavy (non-hydrogen) atoms. The molecule has 0 saturated carbocycles. The van der Waals surface area contributed by atoms with Crippen molar-refractivity contribution in [1.82, 2.24) is 10.6 Å². The van der Waals surface area contributed by atoms with Crippen LogP contribution >= 0.6 is 0 Å². The molecule has 2 N–H and O–H groups in total. The van der Waals surface area contributed by atoms with Gasteiger partial charge in [0.25, 0.3) is 0 Å². The first-order valence-electron chi connectivity index (χ1n) is 3.08. The van der Waals surface area contributed by atoms with Crippen molar-refractivity contribution in [2.24, 2.45) is 0 Å². The third kappa shape index (κ3) is 1.98. The maximum atomic E-state index is 9.82. The van der Waals surface area contributed by atoms with Gasteiger partial charge in [-0.25, -0.2) is 4.79 Å². The minimum Gasteiger partial charge on any atom is -0.314 e. The van der Waals surface area contributed by atoms with E-state index in [4.69, 9.17) is 0 Å². The molecule has 1 heterocycles. The van der Waals surface area contributed by atoms with Crippen molar-refractivity contribution in [1.29, 1.82) is 0 Å². The van der Waals surface area contributed by atoms with Crippen LogP contribution in [0, 0.1) is 0 Å². The number of rotatable bonds is 1. The fourth-order valence-corrected chi connectivity index (χ4v) is 0.876. The molecule has 0 aromatic heterocycles. The molecule has 0 amide bonds. The molecule has 3 heteroatoms. The Morgan fingerprint density at radius 2 is 2.44 bits per heavy atom. The molecule has 0 aromatic rings.